The van der Waals surface area contributed by atoms with Gasteiger partial charge in [0.25, 0.3) is 0 Å². The number of carbonyl (C=O) groups is 1. The summed E-state index contributed by atoms with van der Waals surface area (Å²) in [5.74, 6) is 0. The number of carbonyl (C=O) groups excluding carboxylic acids is 1. The van der Waals surface area contributed by atoms with Gasteiger partial charge in [0.15, 0.2) is 0 Å². The fourth-order valence-electron chi connectivity index (χ4n) is 1.93. The Labute approximate surface area is 124 Å². The minimum absolute atomic E-state index is 0.0429. The molecule has 0 aromatic heterocycles. The molecule has 0 aliphatic carbocycles. The molecule has 4 nitrogen and oxygen atoms in total. The molecule has 1 aliphatic heterocycles. The van der Waals surface area contributed by atoms with Gasteiger partial charge in [-0.1, -0.05) is 0 Å². The van der Waals surface area contributed by atoms with Crippen molar-refractivity contribution in [3.63, 3.8) is 0 Å². The largest absolute Gasteiger partial charge is 0.446 e. The third-order valence-corrected chi connectivity index (χ3v) is 3.60. The molecule has 1 heterocycles. The van der Waals surface area contributed by atoms with Gasteiger partial charge < -0.3 is 15.4 Å². The first kappa shape index (κ1) is 16.0. The summed E-state index contributed by atoms with van der Waals surface area (Å²) in [6, 6.07) is 5.09. The monoisotopic (exact) mass is 320 g/mol. The summed E-state index contributed by atoms with van der Waals surface area (Å²) in [6.45, 7) is 1.14. The van der Waals surface area contributed by atoms with Gasteiger partial charge in [0.2, 0.25) is 0 Å². The van der Waals surface area contributed by atoms with Crippen LogP contribution in [0, 0.1) is 0 Å². The molecule has 2 N–H and O–H groups in total. The second-order valence-electron chi connectivity index (χ2n) is 4.54. The lowest BCUT2D eigenvalue weighted by Gasteiger charge is -2.12. The predicted molar refractivity (Wildman–Crippen MR) is 74.3 cm³/mol. The summed E-state index contributed by atoms with van der Waals surface area (Å²) < 4.78 is 41.9. The molecule has 0 radical (unpaired) electrons. The summed E-state index contributed by atoms with van der Waals surface area (Å²) in [5.41, 5.74) is -3.88. The van der Waals surface area contributed by atoms with Crippen LogP contribution in [-0.4, -0.2) is 30.8 Å². The van der Waals surface area contributed by atoms with Gasteiger partial charge in [-0.25, -0.2) is 4.79 Å². The molecule has 1 fully saturated rings. The van der Waals surface area contributed by atoms with Crippen LogP contribution in [0.2, 0.25) is 0 Å². The number of ether oxygens (including phenoxy) is 1. The molecule has 1 aliphatic rings. The summed E-state index contributed by atoms with van der Waals surface area (Å²) in [5, 5.41) is 5.23. The zero-order valence-electron chi connectivity index (χ0n) is 11.1. The molecule has 1 atom stereocenters. The molecular formula is C13H15F3N2O2S. The Kier molecular flexibility index (Phi) is 5.35. The highest BCUT2D eigenvalue weighted by Crippen LogP contribution is 2.36. The summed E-state index contributed by atoms with van der Waals surface area (Å²) in [7, 11) is 0. The number of rotatable bonds is 4. The van der Waals surface area contributed by atoms with E-state index < -0.39 is 11.5 Å². The van der Waals surface area contributed by atoms with E-state index in [1.54, 1.807) is 0 Å². The van der Waals surface area contributed by atoms with Gasteiger partial charge in [-0.3, -0.25) is 0 Å². The second kappa shape index (κ2) is 7.04. The van der Waals surface area contributed by atoms with Gasteiger partial charge in [-0.2, -0.15) is 13.2 Å². The van der Waals surface area contributed by atoms with E-state index in [1.165, 1.54) is 24.3 Å². The van der Waals surface area contributed by atoms with Crippen LogP contribution in [0.4, 0.5) is 23.7 Å². The van der Waals surface area contributed by atoms with Crippen LogP contribution >= 0.6 is 11.8 Å². The molecule has 0 spiro atoms. The number of hydrogen-bond donors (Lipinski definition) is 2. The van der Waals surface area contributed by atoms with E-state index in [4.69, 9.17) is 4.74 Å². The van der Waals surface area contributed by atoms with E-state index in [2.05, 4.69) is 10.6 Å². The molecule has 2 rings (SSSR count). The fourth-order valence-corrected chi connectivity index (χ4v) is 2.47. The van der Waals surface area contributed by atoms with Crippen molar-refractivity contribution >= 4 is 23.5 Å². The topological polar surface area (TPSA) is 50.4 Å². The Morgan fingerprint density at radius 2 is 2.05 bits per heavy atom. The lowest BCUT2D eigenvalue weighted by Crippen LogP contribution is -2.34. The zero-order chi connectivity index (χ0) is 15.3. The number of halogens is 3. The zero-order valence-corrected chi connectivity index (χ0v) is 11.9. The van der Waals surface area contributed by atoms with Gasteiger partial charge in [-0.05, 0) is 48.9 Å². The highest BCUT2D eigenvalue weighted by molar-refractivity contribution is 8.00. The molecule has 0 saturated carbocycles. The number of benzene rings is 1. The van der Waals surface area contributed by atoms with E-state index >= 15 is 0 Å². The minimum Gasteiger partial charge on any atom is -0.376 e. The highest BCUT2D eigenvalue weighted by Gasteiger charge is 2.29. The van der Waals surface area contributed by atoms with Crippen LogP contribution < -0.4 is 10.6 Å². The highest BCUT2D eigenvalue weighted by atomic mass is 32.2. The molecule has 1 saturated heterocycles. The third kappa shape index (κ3) is 5.84. The quantitative estimate of drug-likeness (QED) is 0.834. The van der Waals surface area contributed by atoms with E-state index in [0.717, 1.165) is 12.8 Å². The Morgan fingerprint density at radius 3 is 2.62 bits per heavy atom. The Balaban J connectivity index is 1.78. The van der Waals surface area contributed by atoms with Crippen LogP contribution in [0.1, 0.15) is 12.8 Å². The molecule has 0 bridgehead atoms. The second-order valence-corrected chi connectivity index (χ2v) is 5.68. The standard InChI is InChI=1S/C13H15F3N2O2S/c14-13(15,16)21-11-5-3-9(4-6-11)18-12(19)17-8-10-2-1-7-20-10/h3-6,10H,1-2,7-8H2,(H2,17,18,19). The number of thioether (sulfide) groups is 1. The lowest BCUT2D eigenvalue weighted by molar-refractivity contribution is -0.0328. The molecule has 116 valence electrons. The van der Waals surface area contributed by atoms with Crippen molar-refractivity contribution in [1.82, 2.24) is 5.32 Å². The average molecular weight is 320 g/mol. The van der Waals surface area contributed by atoms with Crippen LogP contribution in [0.5, 0.6) is 0 Å². The van der Waals surface area contributed by atoms with Crippen LogP contribution in [0.3, 0.4) is 0 Å². The smallest absolute Gasteiger partial charge is 0.376 e. The van der Waals surface area contributed by atoms with Crippen molar-refractivity contribution in [2.75, 3.05) is 18.5 Å². The van der Waals surface area contributed by atoms with Gasteiger partial charge in [0.05, 0.1) is 6.10 Å². The van der Waals surface area contributed by atoms with Crippen molar-refractivity contribution in [3.05, 3.63) is 24.3 Å². The van der Waals surface area contributed by atoms with Crippen LogP contribution in [0.15, 0.2) is 29.2 Å². The maximum Gasteiger partial charge on any atom is 0.446 e. The molecule has 21 heavy (non-hydrogen) atoms. The predicted octanol–water partition coefficient (Wildman–Crippen LogP) is 3.60. The van der Waals surface area contributed by atoms with Crippen molar-refractivity contribution in [2.24, 2.45) is 0 Å². The maximum absolute atomic E-state index is 12.2. The van der Waals surface area contributed by atoms with E-state index in [0.29, 0.717) is 18.8 Å². The lowest BCUT2D eigenvalue weighted by atomic mass is 10.2. The van der Waals surface area contributed by atoms with Crippen LogP contribution in [0.25, 0.3) is 0 Å². The minimum atomic E-state index is -4.31. The Bertz CT molecular complexity index is 473. The van der Waals surface area contributed by atoms with Gasteiger partial charge in [0, 0.05) is 23.7 Å². The average Bonchev–Trinajstić information content (AvgIpc) is 2.90. The fraction of sp³-hybridized carbons (Fsp3) is 0.462. The van der Waals surface area contributed by atoms with E-state index in [-0.39, 0.29) is 22.8 Å². The summed E-state index contributed by atoms with van der Waals surface area (Å²) >= 11 is -0.189. The number of amides is 2. The first-order valence-corrected chi connectivity index (χ1v) is 7.26. The number of nitrogens with one attached hydrogen (secondary N) is 2. The third-order valence-electron chi connectivity index (χ3n) is 2.86. The van der Waals surface area contributed by atoms with Crippen molar-refractivity contribution in [1.29, 1.82) is 0 Å². The summed E-state index contributed by atoms with van der Waals surface area (Å²) in [4.78, 5) is 11.7. The first-order chi connectivity index (χ1) is 9.92. The molecule has 1 unspecified atom stereocenters. The van der Waals surface area contributed by atoms with Crippen molar-refractivity contribution in [2.45, 2.75) is 29.3 Å². The normalized spacial score (nSPS) is 18.5. The number of anilines is 1. The van der Waals surface area contributed by atoms with E-state index in [9.17, 15) is 18.0 Å². The van der Waals surface area contributed by atoms with Crippen LogP contribution in [-0.2, 0) is 4.74 Å². The van der Waals surface area contributed by atoms with Crippen molar-refractivity contribution < 1.29 is 22.7 Å². The van der Waals surface area contributed by atoms with Gasteiger partial charge >= 0.3 is 11.5 Å². The van der Waals surface area contributed by atoms with Crippen molar-refractivity contribution in [3.8, 4) is 0 Å². The maximum atomic E-state index is 12.2. The number of hydrogen-bond acceptors (Lipinski definition) is 3. The molecule has 2 amide bonds. The van der Waals surface area contributed by atoms with Gasteiger partial charge in [0.1, 0.15) is 0 Å². The number of urea groups is 1. The molecule has 8 heteroatoms. The Morgan fingerprint density at radius 1 is 1.33 bits per heavy atom. The van der Waals surface area contributed by atoms with E-state index in [1.807, 2.05) is 0 Å². The van der Waals surface area contributed by atoms with Gasteiger partial charge in [-0.15, -0.1) is 0 Å². The SMILES string of the molecule is O=C(NCC1CCCO1)Nc1ccc(SC(F)(F)F)cc1. The Hall–Kier alpha value is -1.41. The molecular weight excluding hydrogens is 305 g/mol. The molecule has 1 aromatic rings. The number of alkyl halides is 3. The molecule has 1 aromatic carbocycles. The summed E-state index contributed by atoms with van der Waals surface area (Å²) in [6.07, 6.45) is 1.96. The first-order valence-electron chi connectivity index (χ1n) is 6.45.